The fourth-order valence-corrected chi connectivity index (χ4v) is 5.03. The van der Waals surface area contributed by atoms with E-state index in [2.05, 4.69) is 4.90 Å². The standard InChI is InChI=1S/C12H22N2O3S/c15-18(16,10-12-4-2-8-17-12)14-7-6-13-5-1-3-11(13)9-14/h11-12H,1-10H2/t11-,12-/m0/s1. The van der Waals surface area contributed by atoms with Crippen LogP contribution in [0.25, 0.3) is 0 Å². The second-order valence-electron chi connectivity index (χ2n) is 5.60. The Morgan fingerprint density at radius 3 is 2.78 bits per heavy atom. The fourth-order valence-electron chi connectivity index (χ4n) is 3.33. The molecule has 0 amide bonds. The maximum atomic E-state index is 12.4. The van der Waals surface area contributed by atoms with Crippen LogP contribution in [0.4, 0.5) is 0 Å². The highest BCUT2D eigenvalue weighted by Gasteiger charge is 2.36. The zero-order valence-corrected chi connectivity index (χ0v) is 11.6. The maximum Gasteiger partial charge on any atom is 0.216 e. The van der Waals surface area contributed by atoms with Crippen molar-refractivity contribution in [2.75, 3.05) is 38.5 Å². The van der Waals surface area contributed by atoms with E-state index >= 15 is 0 Å². The molecule has 0 spiro atoms. The van der Waals surface area contributed by atoms with Crippen molar-refractivity contribution in [1.82, 2.24) is 9.21 Å². The number of fused-ring (bicyclic) bond motifs is 1. The first-order valence-corrected chi connectivity index (χ1v) is 8.59. The molecule has 0 unspecified atom stereocenters. The number of piperazine rings is 1. The van der Waals surface area contributed by atoms with Gasteiger partial charge in [0.05, 0.1) is 11.9 Å². The molecule has 3 saturated heterocycles. The molecule has 0 saturated carbocycles. The van der Waals surface area contributed by atoms with Crippen LogP contribution in [0.15, 0.2) is 0 Å². The van der Waals surface area contributed by atoms with E-state index in [0.717, 1.165) is 39.0 Å². The smallest absolute Gasteiger partial charge is 0.216 e. The van der Waals surface area contributed by atoms with Gasteiger partial charge in [-0.05, 0) is 32.2 Å². The zero-order valence-electron chi connectivity index (χ0n) is 10.8. The van der Waals surface area contributed by atoms with Gasteiger partial charge < -0.3 is 4.74 Å². The van der Waals surface area contributed by atoms with Gasteiger partial charge in [-0.25, -0.2) is 8.42 Å². The number of rotatable bonds is 3. The van der Waals surface area contributed by atoms with Crippen LogP contribution < -0.4 is 0 Å². The second kappa shape index (κ2) is 5.07. The molecular weight excluding hydrogens is 252 g/mol. The van der Waals surface area contributed by atoms with E-state index in [9.17, 15) is 8.42 Å². The van der Waals surface area contributed by atoms with Crippen molar-refractivity contribution in [2.24, 2.45) is 0 Å². The van der Waals surface area contributed by atoms with Crippen LogP contribution in [-0.2, 0) is 14.8 Å². The molecule has 18 heavy (non-hydrogen) atoms. The molecule has 3 aliphatic rings. The molecule has 104 valence electrons. The summed E-state index contributed by atoms with van der Waals surface area (Å²) in [6.45, 7) is 4.11. The van der Waals surface area contributed by atoms with Gasteiger partial charge in [-0.15, -0.1) is 0 Å². The van der Waals surface area contributed by atoms with Gasteiger partial charge in [-0.1, -0.05) is 0 Å². The first-order chi connectivity index (χ1) is 8.65. The Hall–Kier alpha value is -0.170. The van der Waals surface area contributed by atoms with Gasteiger partial charge in [0.25, 0.3) is 0 Å². The predicted octanol–water partition coefficient (Wildman–Crippen LogP) is 0.275. The lowest BCUT2D eigenvalue weighted by Gasteiger charge is -2.37. The lowest BCUT2D eigenvalue weighted by Crippen LogP contribution is -2.53. The minimum absolute atomic E-state index is 0.0726. The SMILES string of the molecule is O=S(=O)(C[C@@H]1CCCO1)N1CCN2CCC[C@H]2C1. The molecule has 0 aromatic rings. The maximum absolute atomic E-state index is 12.4. The minimum atomic E-state index is -3.12. The number of hydrogen-bond acceptors (Lipinski definition) is 4. The van der Waals surface area contributed by atoms with E-state index in [-0.39, 0.29) is 11.9 Å². The Bertz CT molecular complexity index is 392. The lowest BCUT2D eigenvalue weighted by atomic mass is 10.2. The van der Waals surface area contributed by atoms with Gasteiger partial charge >= 0.3 is 0 Å². The van der Waals surface area contributed by atoms with Crippen LogP contribution in [0, 0.1) is 0 Å². The molecule has 0 N–H and O–H groups in total. The highest BCUT2D eigenvalue weighted by Crippen LogP contribution is 2.24. The van der Waals surface area contributed by atoms with E-state index in [0.29, 0.717) is 19.1 Å². The Kier molecular flexibility index (Phi) is 3.62. The molecular formula is C12H22N2O3S. The van der Waals surface area contributed by atoms with Crippen molar-refractivity contribution in [3.63, 3.8) is 0 Å². The number of sulfonamides is 1. The summed E-state index contributed by atoms with van der Waals surface area (Å²) in [6, 6.07) is 0.457. The normalized spacial score (nSPS) is 34.9. The molecule has 0 aromatic carbocycles. The second-order valence-corrected chi connectivity index (χ2v) is 7.62. The molecule has 0 bridgehead atoms. The Morgan fingerprint density at radius 2 is 2.00 bits per heavy atom. The largest absolute Gasteiger partial charge is 0.377 e. The van der Waals surface area contributed by atoms with Gasteiger partial charge in [0, 0.05) is 32.3 Å². The van der Waals surface area contributed by atoms with Crippen LogP contribution in [-0.4, -0.2) is 68.3 Å². The molecule has 0 aliphatic carbocycles. The Balaban J connectivity index is 1.62. The zero-order chi connectivity index (χ0) is 12.6. The summed E-state index contributed by atoms with van der Waals surface area (Å²) < 4.78 is 31.9. The van der Waals surface area contributed by atoms with Crippen LogP contribution in [0.1, 0.15) is 25.7 Å². The summed E-state index contributed by atoms with van der Waals surface area (Å²) in [7, 11) is -3.12. The predicted molar refractivity (Wildman–Crippen MR) is 68.9 cm³/mol. The fraction of sp³-hybridized carbons (Fsp3) is 1.00. The average Bonchev–Trinajstić information content (AvgIpc) is 2.97. The molecule has 3 heterocycles. The summed E-state index contributed by atoms with van der Waals surface area (Å²) in [4.78, 5) is 2.43. The van der Waals surface area contributed by atoms with E-state index in [1.54, 1.807) is 4.31 Å². The summed E-state index contributed by atoms with van der Waals surface area (Å²) in [6.07, 6.45) is 4.17. The summed E-state index contributed by atoms with van der Waals surface area (Å²) in [5.74, 6) is 0.180. The van der Waals surface area contributed by atoms with Gasteiger partial charge in [0.15, 0.2) is 0 Å². The molecule has 0 radical (unpaired) electrons. The molecule has 6 heteroatoms. The highest BCUT2D eigenvalue weighted by atomic mass is 32.2. The quantitative estimate of drug-likeness (QED) is 0.741. The third-order valence-corrected chi connectivity index (χ3v) is 6.28. The lowest BCUT2D eigenvalue weighted by molar-refractivity contribution is 0.123. The van der Waals surface area contributed by atoms with Crippen molar-refractivity contribution in [3.8, 4) is 0 Å². The molecule has 5 nitrogen and oxygen atoms in total. The number of ether oxygens (including phenoxy) is 1. The Morgan fingerprint density at radius 1 is 1.11 bits per heavy atom. The van der Waals surface area contributed by atoms with Crippen LogP contribution in [0.3, 0.4) is 0 Å². The molecule has 3 aliphatic heterocycles. The molecule has 2 atom stereocenters. The van der Waals surface area contributed by atoms with Crippen molar-refractivity contribution in [2.45, 2.75) is 37.8 Å². The van der Waals surface area contributed by atoms with Crippen LogP contribution >= 0.6 is 0 Å². The van der Waals surface area contributed by atoms with Crippen LogP contribution in [0.5, 0.6) is 0 Å². The van der Waals surface area contributed by atoms with E-state index in [1.807, 2.05) is 0 Å². The monoisotopic (exact) mass is 274 g/mol. The van der Waals surface area contributed by atoms with Gasteiger partial charge in [-0.2, -0.15) is 4.31 Å². The van der Waals surface area contributed by atoms with Gasteiger partial charge in [0.1, 0.15) is 0 Å². The van der Waals surface area contributed by atoms with Crippen molar-refractivity contribution < 1.29 is 13.2 Å². The highest BCUT2D eigenvalue weighted by molar-refractivity contribution is 7.89. The van der Waals surface area contributed by atoms with E-state index in [4.69, 9.17) is 4.74 Å². The summed E-state index contributed by atoms with van der Waals surface area (Å²) in [5.41, 5.74) is 0. The summed E-state index contributed by atoms with van der Waals surface area (Å²) in [5, 5.41) is 0. The Labute approximate surface area is 109 Å². The van der Waals surface area contributed by atoms with E-state index in [1.165, 1.54) is 6.42 Å². The summed E-state index contributed by atoms with van der Waals surface area (Å²) >= 11 is 0. The topological polar surface area (TPSA) is 49.9 Å². The molecule has 3 rings (SSSR count). The molecule has 0 aromatic heterocycles. The number of nitrogens with zero attached hydrogens (tertiary/aromatic N) is 2. The van der Waals surface area contributed by atoms with E-state index < -0.39 is 10.0 Å². The van der Waals surface area contributed by atoms with Crippen molar-refractivity contribution >= 4 is 10.0 Å². The third-order valence-electron chi connectivity index (χ3n) is 4.36. The van der Waals surface area contributed by atoms with Crippen LogP contribution in [0.2, 0.25) is 0 Å². The average molecular weight is 274 g/mol. The number of hydrogen-bond donors (Lipinski definition) is 0. The van der Waals surface area contributed by atoms with Crippen molar-refractivity contribution in [3.05, 3.63) is 0 Å². The van der Waals surface area contributed by atoms with Gasteiger partial charge in [-0.3, -0.25) is 4.90 Å². The van der Waals surface area contributed by atoms with Crippen molar-refractivity contribution in [1.29, 1.82) is 0 Å². The van der Waals surface area contributed by atoms with Gasteiger partial charge in [0.2, 0.25) is 10.0 Å². The first kappa shape index (κ1) is 12.8. The minimum Gasteiger partial charge on any atom is -0.377 e. The first-order valence-electron chi connectivity index (χ1n) is 6.99. The third kappa shape index (κ3) is 2.57. The molecule has 3 fully saturated rings.